The van der Waals surface area contributed by atoms with Gasteiger partial charge in [-0.15, -0.1) is 0 Å². The normalized spacial score (nSPS) is 20.1. The molecule has 2 rings (SSSR count). The lowest BCUT2D eigenvalue weighted by Crippen LogP contribution is -2.15. The third-order valence-corrected chi connectivity index (χ3v) is 2.48. The third kappa shape index (κ3) is 1.08. The Morgan fingerprint density at radius 2 is 2.38 bits per heavy atom. The van der Waals surface area contributed by atoms with Gasteiger partial charge < -0.3 is 14.8 Å². The van der Waals surface area contributed by atoms with Crippen LogP contribution in [-0.4, -0.2) is 25.0 Å². The van der Waals surface area contributed by atoms with Crippen LogP contribution < -0.4 is 4.90 Å². The van der Waals surface area contributed by atoms with Gasteiger partial charge in [0.1, 0.15) is 12.0 Å². The zero-order valence-corrected chi connectivity index (χ0v) is 7.40. The van der Waals surface area contributed by atoms with Crippen molar-refractivity contribution in [2.75, 3.05) is 18.5 Å². The van der Waals surface area contributed by atoms with E-state index < -0.39 is 0 Å². The second-order valence-electron chi connectivity index (χ2n) is 3.33. The highest BCUT2D eigenvalue weighted by molar-refractivity contribution is 5.76. The van der Waals surface area contributed by atoms with Gasteiger partial charge in [0.15, 0.2) is 0 Å². The van der Waals surface area contributed by atoms with Crippen molar-refractivity contribution in [2.45, 2.75) is 5.92 Å². The maximum Gasteiger partial charge on any atom is 0.129 e. The van der Waals surface area contributed by atoms with E-state index in [-0.39, 0.29) is 11.7 Å². The van der Waals surface area contributed by atoms with E-state index >= 15 is 0 Å². The molecular weight excluding hydrogens is 166 g/mol. The molecule has 1 aliphatic heterocycles. The number of anilines is 1. The molecule has 0 aromatic heterocycles. The van der Waals surface area contributed by atoms with Crippen molar-refractivity contribution in [1.29, 1.82) is 0 Å². The number of phenols is 1. The van der Waals surface area contributed by atoms with Crippen LogP contribution in [0.2, 0.25) is 0 Å². The maximum atomic E-state index is 10.7. The Kier molecular flexibility index (Phi) is 1.72. The molecule has 0 amide bonds. The topological polar surface area (TPSA) is 40.5 Å². The van der Waals surface area contributed by atoms with Crippen molar-refractivity contribution >= 4 is 12.0 Å². The molecule has 1 aromatic carbocycles. The summed E-state index contributed by atoms with van der Waals surface area (Å²) in [5, 5.41) is 9.57. The summed E-state index contributed by atoms with van der Waals surface area (Å²) in [6.07, 6.45) is 0.891. The standard InChI is InChI=1S/C10H11NO2/c1-11-5-7(6-12)10-8(11)3-2-4-9(10)13/h2-4,6-7,13H,5H2,1H3. The zero-order chi connectivity index (χ0) is 9.42. The summed E-state index contributed by atoms with van der Waals surface area (Å²) in [5.41, 5.74) is 1.72. The van der Waals surface area contributed by atoms with E-state index in [0.717, 1.165) is 17.5 Å². The summed E-state index contributed by atoms with van der Waals surface area (Å²) >= 11 is 0. The quantitative estimate of drug-likeness (QED) is 0.653. The molecule has 0 spiro atoms. The van der Waals surface area contributed by atoms with Gasteiger partial charge in [-0.1, -0.05) is 6.07 Å². The maximum absolute atomic E-state index is 10.7. The van der Waals surface area contributed by atoms with Gasteiger partial charge in [0.25, 0.3) is 0 Å². The summed E-state index contributed by atoms with van der Waals surface area (Å²) in [6.45, 7) is 0.663. The number of aromatic hydroxyl groups is 1. The number of aldehydes is 1. The second-order valence-corrected chi connectivity index (χ2v) is 3.33. The first-order chi connectivity index (χ1) is 6.24. The van der Waals surface area contributed by atoms with Crippen molar-refractivity contribution < 1.29 is 9.90 Å². The van der Waals surface area contributed by atoms with Crippen molar-refractivity contribution in [1.82, 2.24) is 0 Å². The van der Waals surface area contributed by atoms with E-state index in [1.54, 1.807) is 12.1 Å². The number of hydrogen-bond acceptors (Lipinski definition) is 3. The molecule has 1 atom stereocenters. The Morgan fingerprint density at radius 3 is 3.08 bits per heavy atom. The molecule has 0 saturated carbocycles. The van der Waals surface area contributed by atoms with Gasteiger partial charge in [-0.2, -0.15) is 0 Å². The van der Waals surface area contributed by atoms with Crippen LogP contribution >= 0.6 is 0 Å². The van der Waals surface area contributed by atoms with E-state index in [4.69, 9.17) is 0 Å². The number of fused-ring (bicyclic) bond motifs is 1. The highest BCUT2D eigenvalue weighted by Gasteiger charge is 2.28. The number of nitrogens with zero attached hydrogens (tertiary/aromatic N) is 1. The molecule has 0 bridgehead atoms. The Hall–Kier alpha value is -1.51. The SMILES string of the molecule is CN1CC(C=O)c2c(O)cccc21. The number of carbonyl (C=O) groups excluding carboxylic acids is 1. The minimum Gasteiger partial charge on any atom is -0.508 e. The lowest BCUT2D eigenvalue weighted by molar-refractivity contribution is -0.108. The number of phenolic OH excluding ortho intramolecular Hbond substituents is 1. The van der Waals surface area contributed by atoms with Gasteiger partial charge in [-0.3, -0.25) is 0 Å². The van der Waals surface area contributed by atoms with Crippen LogP contribution in [0.3, 0.4) is 0 Å². The van der Waals surface area contributed by atoms with E-state index in [0.29, 0.717) is 6.54 Å². The lowest BCUT2D eigenvalue weighted by Gasteiger charge is -2.10. The van der Waals surface area contributed by atoms with Gasteiger partial charge in [0.2, 0.25) is 0 Å². The minimum absolute atomic E-state index is 0.179. The highest BCUT2D eigenvalue weighted by Crippen LogP contribution is 2.39. The Morgan fingerprint density at radius 1 is 1.62 bits per heavy atom. The smallest absolute Gasteiger partial charge is 0.129 e. The lowest BCUT2D eigenvalue weighted by atomic mass is 10.0. The van der Waals surface area contributed by atoms with Crippen molar-refractivity contribution in [3.8, 4) is 5.75 Å². The van der Waals surface area contributed by atoms with E-state index in [1.165, 1.54) is 0 Å². The predicted octanol–water partition coefficient (Wildman–Crippen LogP) is 1.12. The molecule has 0 radical (unpaired) electrons. The number of hydrogen-bond donors (Lipinski definition) is 1. The fourth-order valence-corrected chi connectivity index (χ4v) is 1.85. The summed E-state index contributed by atoms with van der Waals surface area (Å²) in [5.74, 6) is 0.0418. The molecule has 0 saturated heterocycles. The van der Waals surface area contributed by atoms with Gasteiger partial charge in [-0.05, 0) is 12.1 Å². The summed E-state index contributed by atoms with van der Waals surface area (Å²) < 4.78 is 0. The van der Waals surface area contributed by atoms with Gasteiger partial charge in [0, 0.05) is 24.8 Å². The molecule has 1 aromatic rings. The zero-order valence-electron chi connectivity index (χ0n) is 7.40. The average molecular weight is 177 g/mol. The first-order valence-electron chi connectivity index (χ1n) is 4.22. The van der Waals surface area contributed by atoms with Crippen molar-refractivity contribution in [3.63, 3.8) is 0 Å². The van der Waals surface area contributed by atoms with Gasteiger partial charge in [0.05, 0.1) is 5.92 Å². The molecule has 1 unspecified atom stereocenters. The molecule has 13 heavy (non-hydrogen) atoms. The highest BCUT2D eigenvalue weighted by atomic mass is 16.3. The summed E-state index contributed by atoms with van der Waals surface area (Å²) in [6, 6.07) is 5.32. The average Bonchev–Trinajstić information content (AvgIpc) is 2.45. The fourth-order valence-electron chi connectivity index (χ4n) is 1.85. The molecule has 3 heteroatoms. The second kappa shape index (κ2) is 2.76. The van der Waals surface area contributed by atoms with Gasteiger partial charge >= 0.3 is 0 Å². The molecule has 0 fully saturated rings. The Balaban J connectivity index is 2.58. The fraction of sp³-hybridized carbons (Fsp3) is 0.300. The molecule has 1 heterocycles. The van der Waals surface area contributed by atoms with Crippen LogP contribution in [0.25, 0.3) is 0 Å². The monoisotopic (exact) mass is 177 g/mol. The van der Waals surface area contributed by atoms with Crippen molar-refractivity contribution in [3.05, 3.63) is 23.8 Å². The molecule has 0 aliphatic carbocycles. The van der Waals surface area contributed by atoms with E-state index in [2.05, 4.69) is 0 Å². The van der Waals surface area contributed by atoms with Crippen LogP contribution in [-0.2, 0) is 4.79 Å². The summed E-state index contributed by atoms with van der Waals surface area (Å²) in [4.78, 5) is 12.7. The van der Waals surface area contributed by atoms with Crippen LogP contribution in [0.1, 0.15) is 11.5 Å². The van der Waals surface area contributed by atoms with Crippen molar-refractivity contribution in [2.24, 2.45) is 0 Å². The molecular formula is C10H11NO2. The Labute approximate surface area is 76.6 Å². The van der Waals surface area contributed by atoms with E-state index in [1.807, 2.05) is 18.0 Å². The van der Waals surface area contributed by atoms with Gasteiger partial charge in [-0.25, -0.2) is 0 Å². The largest absolute Gasteiger partial charge is 0.508 e. The number of carbonyl (C=O) groups is 1. The molecule has 68 valence electrons. The predicted molar refractivity (Wildman–Crippen MR) is 50.2 cm³/mol. The molecule has 1 N–H and O–H groups in total. The Bertz CT molecular complexity index is 349. The number of benzene rings is 1. The van der Waals surface area contributed by atoms with Crippen LogP contribution in [0.5, 0.6) is 5.75 Å². The van der Waals surface area contributed by atoms with Crippen LogP contribution in [0, 0.1) is 0 Å². The summed E-state index contributed by atoms with van der Waals surface area (Å²) in [7, 11) is 1.92. The molecule has 1 aliphatic rings. The minimum atomic E-state index is -0.179. The molecule has 3 nitrogen and oxygen atoms in total. The number of rotatable bonds is 1. The van der Waals surface area contributed by atoms with E-state index in [9.17, 15) is 9.90 Å². The van der Waals surface area contributed by atoms with Crippen LogP contribution in [0.4, 0.5) is 5.69 Å². The number of likely N-dealkylation sites (N-methyl/N-ethyl adjacent to an activating group) is 1. The van der Waals surface area contributed by atoms with Crippen LogP contribution in [0.15, 0.2) is 18.2 Å². The first kappa shape index (κ1) is 8.10. The third-order valence-electron chi connectivity index (χ3n) is 2.48. The first-order valence-corrected chi connectivity index (χ1v) is 4.22.